The Bertz CT molecular complexity index is 784. The molecule has 2 nitrogen and oxygen atoms in total. The zero-order valence-corrected chi connectivity index (χ0v) is 17.0. The van der Waals surface area contributed by atoms with Crippen molar-refractivity contribution in [3.8, 4) is 0 Å². The maximum atomic E-state index is 12.5. The van der Waals surface area contributed by atoms with Crippen LogP contribution in [0.5, 0.6) is 0 Å². The first kappa shape index (κ1) is 22.7. The summed E-state index contributed by atoms with van der Waals surface area (Å²) in [6, 6.07) is 13.7. The van der Waals surface area contributed by atoms with E-state index in [0.29, 0.717) is 0 Å². The molecule has 0 spiro atoms. The molecule has 0 amide bonds. The molecular formula is C24H28F3NO. The summed E-state index contributed by atoms with van der Waals surface area (Å²) >= 11 is 0. The number of nitrogens with zero attached hydrogens (tertiary/aromatic N) is 1. The lowest BCUT2D eigenvalue weighted by molar-refractivity contribution is -0.0885. The van der Waals surface area contributed by atoms with Gasteiger partial charge in [-0.15, -0.1) is 0 Å². The molecule has 0 radical (unpaired) electrons. The fourth-order valence-electron chi connectivity index (χ4n) is 2.97. The molecule has 0 saturated heterocycles. The highest BCUT2D eigenvalue weighted by molar-refractivity contribution is 6.00. The quantitative estimate of drug-likeness (QED) is 0.314. The predicted molar refractivity (Wildman–Crippen MR) is 114 cm³/mol. The molecule has 156 valence electrons. The third-order valence-electron chi connectivity index (χ3n) is 4.72. The molecule has 0 aliphatic heterocycles. The number of Topliss-reactive ketones (excluding diaryl/α,β-unsaturated/α-hetero) is 1. The van der Waals surface area contributed by atoms with Crippen LogP contribution in [0.25, 0.3) is 12.2 Å². The minimum Gasteiger partial charge on any atom is -0.372 e. The van der Waals surface area contributed by atoms with E-state index in [4.69, 9.17) is 0 Å². The first-order valence-corrected chi connectivity index (χ1v) is 10.1. The lowest BCUT2D eigenvalue weighted by Gasteiger charge is -2.24. The molecule has 0 aromatic heterocycles. The highest BCUT2D eigenvalue weighted by atomic mass is 19.4. The van der Waals surface area contributed by atoms with Crippen LogP contribution in [0.3, 0.4) is 0 Å². The SMILES string of the molecule is CCCCN(CCCC)c1ccc(C=Cc2ccc(C(=O)C(F)(F)F)cc2)cc1. The first-order chi connectivity index (χ1) is 13.8. The fraction of sp³-hybridized carbons (Fsp3) is 0.375. The maximum absolute atomic E-state index is 12.5. The van der Waals surface area contributed by atoms with Crippen molar-refractivity contribution in [2.75, 3.05) is 18.0 Å². The van der Waals surface area contributed by atoms with Gasteiger partial charge in [0, 0.05) is 24.3 Å². The van der Waals surface area contributed by atoms with Crippen LogP contribution in [0.4, 0.5) is 18.9 Å². The zero-order valence-electron chi connectivity index (χ0n) is 17.0. The van der Waals surface area contributed by atoms with Gasteiger partial charge in [-0.3, -0.25) is 4.79 Å². The average molecular weight is 403 g/mol. The number of anilines is 1. The smallest absolute Gasteiger partial charge is 0.372 e. The van der Waals surface area contributed by atoms with Gasteiger partial charge < -0.3 is 4.90 Å². The zero-order chi connectivity index (χ0) is 21.3. The van der Waals surface area contributed by atoms with Gasteiger partial charge in [-0.2, -0.15) is 13.2 Å². The number of rotatable bonds is 10. The van der Waals surface area contributed by atoms with Gasteiger partial charge in [0.15, 0.2) is 0 Å². The van der Waals surface area contributed by atoms with Crippen LogP contribution >= 0.6 is 0 Å². The molecule has 0 heterocycles. The Morgan fingerprint density at radius 2 is 1.28 bits per heavy atom. The maximum Gasteiger partial charge on any atom is 0.454 e. The summed E-state index contributed by atoms with van der Waals surface area (Å²) in [6.45, 7) is 6.48. The monoisotopic (exact) mass is 403 g/mol. The number of hydrogen-bond donors (Lipinski definition) is 0. The Kier molecular flexibility index (Phi) is 8.50. The number of hydrogen-bond acceptors (Lipinski definition) is 2. The molecule has 0 unspecified atom stereocenters. The predicted octanol–water partition coefficient (Wildman–Crippen LogP) is 7.01. The first-order valence-electron chi connectivity index (χ1n) is 10.1. The number of alkyl halides is 3. The highest BCUT2D eigenvalue weighted by Crippen LogP contribution is 2.22. The average Bonchev–Trinajstić information content (AvgIpc) is 2.72. The minimum absolute atomic E-state index is 0.349. The Labute approximate surface area is 171 Å². The molecule has 2 rings (SSSR count). The van der Waals surface area contributed by atoms with E-state index >= 15 is 0 Å². The van der Waals surface area contributed by atoms with Gasteiger partial charge in [0.2, 0.25) is 0 Å². The second-order valence-corrected chi connectivity index (χ2v) is 7.07. The topological polar surface area (TPSA) is 20.3 Å². The number of ketones is 1. The van der Waals surface area contributed by atoms with Crippen LogP contribution < -0.4 is 4.90 Å². The Morgan fingerprint density at radius 1 is 0.828 bits per heavy atom. The summed E-state index contributed by atoms with van der Waals surface area (Å²) < 4.78 is 37.4. The van der Waals surface area contributed by atoms with E-state index in [9.17, 15) is 18.0 Å². The van der Waals surface area contributed by atoms with Crippen LogP contribution in [-0.2, 0) is 0 Å². The summed E-state index contributed by atoms with van der Waals surface area (Å²) in [5.74, 6) is -1.82. The van der Waals surface area contributed by atoms with E-state index in [1.165, 1.54) is 30.0 Å². The summed E-state index contributed by atoms with van der Waals surface area (Å²) in [5, 5.41) is 0. The molecule has 0 fully saturated rings. The van der Waals surface area contributed by atoms with E-state index in [1.807, 2.05) is 24.3 Å². The van der Waals surface area contributed by atoms with Gasteiger partial charge in [-0.05, 0) is 36.1 Å². The number of carbonyl (C=O) groups is 1. The van der Waals surface area contributed by atoms with Gasteiger partial charge in [0.1, 0.15) is 0 Å². The van der Waals surface area contributed by atoms with Crippen molar-refractivity contribution >= 4 is 23.6 Å². The molecule has 29 heavy (non-hydrogen) atoms. The lowest BCUT2D eigenvalue weighted by atomic mass is 10.1. The molecule has 0 atom stereocenters. The second kappa shape index (κ2) is 10.8. The van der Waals surface area contributed by atoms with Crippen molar-refractivity contribution in [3.63, 3.8) is 0 Å². The van der Waals surface area contributed by atoms with Crippen molar-refractivity contribution in [2.24, 2.45) is 0 Å². The van der Waals surface area contributed by atoms with Crippen molar-refractivity contribution in [1.82, 2.24) is 0 Å². The van der Waals surface area contributed by atoms with E-state index < -0.39 is 12.0 Å². The van der Waals surface area contributed by atoms with Gasteiger partial charge >= 0.3 is 6.18 Å². The Hall–Kier alpha value is -2.56. The molecule has 5 heteroatoms. The largest absolute Gasteiger partial charge is 0.454 e. The number of carbonyl (C=O) groups excluding carboxylic acids is 1. The van der Waals surface area contributed by atoms with Gasteiger partial charge in [0.25, 0.3) is 5.78 Å². The number of unbranched alkanes of at least 4 members (excludes halogenated alkanes) is 2. The standard InChI is InChI=1S/C24H28F3NO/c1-3-5-17-28(18-6-4-2)22-15-11-20(12-16-22)8-7-19-9-13-21(14-10-19)23(29)24(25,26)27/h7-16H,3-6,17-18H2,1-2H3. The summed E-state index contributed by atoms with van der Waals surface area (Å²) in [5.41, 5.74) is 2.60. The van der Waals surface area contributed by atoms with Crippen molar-refractivity contribution in [1.29, 1.82) is 0 Å². The summed E-state index contributed by atoms with van der Waals surface area (Å²) in [4.78, 5) is 13.6. The van der Waals surface area contributed by atoms with Crippen LogP contribution in [0.15, 0.2) is 48.5 Å². The Balaban J connectivity index is 2.04. The normalized spacial score (nSPS) is 11.8. The molecule has 2 aromatic carbocycles. The molecular weight excluding hydrogens is 375 g/mol. The van der Waals surface area contributed by atoms with Crippen molar-refractivity contribution in [3.05, 3.63) is 65.2 Å². The van der Waals surface area contributed by atoms with Crippen molar-refractivity contribution in [2.45, 2.75) is 45.7 Å². The molecule has 0 saturated carbocycles. The minimum atomic E-state index is -4.85. The number of benzene rings is 2. The molecule has 0 bridgehead atoms. The van der Waals surface area contributed by atoms with Gasteiger partial charge in [-0.1, -0.05) is 75.2 Å². The van der Waals surface area contributed by atoms with Gasteiger partial charge in [-0.25, -0.2) is 0 Å². The van der Waals surface area contributed by atoms with E-state index in [1.54, 1.807) is 0 Å². The van der Waals surface area contributed by atoms with Crippen LogP contribution in [0.1, 0.15) is 61.0 Å². The van der Waals surface area contributed by atoms with Crippen LogP contribution in [0.2, 0.25) is 0 Å². The fourth-order valence-corrected chi connectivity index (χ4v) is 2.97. The third-order valence-corrected chi connectivity index (χ3v) is 4.72. The van der Waals surface area contributed by atoms with Crippen LogP contribution in [-0.4, -0.2) is 25.0 Å². The summed E-state index contributed by atoms with van der Waals surface area (Å²) in [6.07, 6.45) is 3.54. The van der Waals surface area contributed by atoms with E-state index in [2.05, 4.69) is 30.9 Å². The Morgan fingerprint density at radius 3 is 1.69 bits per heavy atom. The lowest BCUT2D eigenvalue weighted by Crippen LogP contribution is -2.25. The third kappa shape index (κ3) is 7.08. The van der Waals surface area contributed by atoms with Crippen LogP contribution in [0, 0.1) is 0 Å². The van der Waals surface area contributed by atoms with E-state index in [-0.39, 0.29) is 5.56 Å². The second-order valence-electron chi connectivity index (χ2n) is 7.07. The highest BCUT2D eigenvalue weighted by Gasteiger charge is 2.39. The molecule has 0 aliphatic carbocycles. The van der Waals surface area contributed by atoms with E-state index in [0.717, 1.165) is 49.9 Å². The van der Waals surface area contributed by atoms with Crippen molar-refractivity contribution < 1.29 is 18.0 Å². The molecule has 2 aromatic rings. The number of halogens is 3. The summed E-state index contributed by atoms with van der Waals surface area (Å²) in [7, 11) is 0. The molecule has 0 N–H and O–H groups in total. The molecule has 0 aliphatic rings. The van der Waals surface area contributed by atoms with Gasteiger partial charge in [0.05, 0.1) is 0 Å².